The SMILES string of the molecule is CCn1c(CNCCN(C)C2CC2)nc2ccccc21. The molecular formula is C16H24N4. The summed E-state index contributed by atoms with van der Waals surface area (Å²) < 4.78 is 2.30. The van der Waals surface area contributed by atoms with Gasteiger partial charge in [0.1, 0.15) is 5.82 Å². The van der Waals surface area contributed by atoms with Crippen LogP contribution in [0.4, 0.5) is 0 Å². The third-order valence-corrected chi connectivity index (χ3v) is 4.14. The van der Waals surface area contributed by atoms with Gasteiger partial charge in [0.25, 0.3) is 0 Å². The van der Waals surface area contributed by atoms with Gasteiger partial charge in [-0.15, -0.1) is 0 Å². The molecule has 1 heterocycles. The zero-order chi connectivity index (χ0) is 13.9. The molecule has 3 rings (SSSR count). The molecule has 0 bridgehead atoms. The summed E-state index contributed by atoms with van der Waals surface area (Å²) in [5.74, 6) is 1.14. The molecule has 1 aromatic carbocycles. The van der Waals surface area contributed by atoms with Crippen molar-refractivity contribution in [3.8, 4) is 0 Å². The number of nitrogens with one attached hydrogen (secondary N) is 1. The molecule has 4 nitrogen and oxygen atoms in total. The lowest BCUT2D eigenvalue weighted by Crippen LogP contribution is -2.31. The molecule has 1 aliphatic carbocycles. The summed E-state index contributed by atoms with van der Waals surface area (Å²) >= 11 is 0. The molecule has 20 heavy (non-hydrogen) atoms. The highest BCUT2D eigenvalue weighted by Crippen LogP contribution is 2.24. The van der Waals surface area contributed by atoms with Gasteiger partial charge in [-0.3, -0.25) is 0 Å². The molecule has 108 valence electrons. The second kappa shape index (κ2) is 5.94. The van der Waals surface area contributed by atoms with Crippen molar-refractivity contribution in [2.24, 2.45) is 0 Å². The number of likely N-dealkylation sites (N-methyl/N-ethyl adjacent to an activating group) is 1. The fraction of sp³-hybridized carbons (Fsp3) is 0.562. The molecular weight excluding hydrogens is 248 g/mol. The molecule has 0 aliphatic heterocycles. The zero-order valence-corrected chi connectivity index (χ0v) is 12.5. The van der Waals surface area contributed by atoms with Crippen LogP contribution in [-0.4, -0.2) is 40.6 Å². The van der Waals surface area contributed by atoms with Gasteiger partial charge in [0.05, 0.1) is 17.6 Å². The molecule has 0 spiro atoms. The summed E-state index contributed by atoms with van der Waals surface area (Å²) in [5.41, 5.74) is 2.34. The lowest BCUT2D eigenvalue weighted by Gasteiger charge is -2.15. The van der Waals surface area contributed by atoms with E-state index in [9.17, 15) is 0 Å². The van der Waals surface area contributed by atoms with E-state index in [-0.39, 0.29) is 0 Å². The van der Waals surface area contributed by atoms with Gasteiger partial charge in [0, 0.05) is 25.7 Å². The van der Waals surface area contributed by atoms with Crippen molar-refractivity contribution < 1.29 is 0 Å². The predicted molar refractivity (Wildman–Crippen MR) is 82.8 cm³/mol. The minimum absolute atomic E-state index is 0.844. The molecule has 4 heteroatoms. The van der Waals surface area contributed by atoms with Crippen molar-refractivity contribution in [2.75, 3.05) is 20.1 Å². The normalized spacial score (nSPS) is 15.3. The van der Waals surface area contributed by atoms with E-state index in [1.807, 2.05) is 0 Å². The Labute approximate surface area is 120 Å². The van der Waals surface area contributed by atoms with E-state index in [1.165, 1.54) is 18.4 Å². The number of aryl methyl sites for hydroxylation is 1. The fourth-order valence-electron chi connectivity index (χ4n) is 2.77. The van der Waals surface area contributed by atoms with Crippen LogP contribution in [-0.2, 0) is 13.1 Å². The molecule has 0 radical (unpaired) electrons. The van der Waals surface area contributed by atoms with Crippen molar-refractivity contribution in [3.63, 3.8) is 0 Å². The van der Waals surface area contributed by atoms with Crippen LogP contribution in [0.15, 0.2) is 24.3 Å². The topological polar surface area (TPSA) is 33.1 Å². The van der Waals surface area contributed by atoms with Crippen LogP contribution >= 0.6 is 0 Å². The standard InChI is InChI=1S/C16H24N4/c1-3-20-15-7-5-4-6-14(15)18-16(20)12-17-10-11-19(2)13-8-9-13/h4-7,13,17H,3,8-12H2,1-2H3. The monoisotopic (exact) mass is 272 g/mol. The Morgan fingerprint density at radius 1 is 1.35 bits per heavy atom. The first-order chi connectivity index (χ1) is 9.79. The first kappa shape index (κ1) is 13.6. The Morgan fingerprint density at radius 3 is 2.90 bits per heavy atom. The Hall–Kier alpha value is -1.39. The second-order valence-electron chi connectivity index (χ2n) is 5.65. The summed E-state index contributed by atoms with van der Waals surface area (Å²) in [7, 11) is 2.22. The third-order valence-electron chi connectivity index (χ3n) is 4.14. The van der Waals surface area contributed by atoms with Crippen LogP contribution in [0.2, 0.25) is 0 Å². The molecule has 0 unspecified atom stereocenters. The van der Waals surface area contributed by atoms with Gasteiger partial charge in [-0.05, 0) is 38.9 Å². The summed E-state index contributed by atoms with van der Waals surface area (Å²) in [6.07, 6.45) is 2.75. The van der Waals surface area contributed by atoms with Gasteiger partial charge in [0.2, 0.25) is 0 Å². The Kier molecular flexibility index (Phi) is 4.03. The number of benzene rings is 1. The molecule has 1 fully saturated rings. The van der Waals surface area contributed by atoms with Gasteiger partial charge in [-0.1, -0.05) is 12.1 Å². The maximum absolute atomic E-state index is 4.73. The summed E-state index contributed by atoms with van der Waals surface area (Å²) in [6.45, 7) is 6.15. The van der Waals surface area contributed by atoms with Crippen molar-refractivity contribution >= 4 is 11.0 Å². The van der Waals surface area contributed by atoms with E-state index in [1.54, 1.807) is 0 Å². The Balaban J connectivity index is 1.59. The van der Waals surface area contributed by atoms with E-state index in [4.69, 9.17) is 4.98 Å². The van der Waals surface area contributed by atoms with Crippen molar-refractivity contribution in [2.45, 2.75) is 38.9 Å². The van der Waals surface area contributed by atoms with E-state index in [0.717, 1.165) is 43.6 Å². The predicted octanol–water partition coefficient (Wildman–Crippen LogP) is 2.24. The molecule has 1 saturated carbocycles. The molecule has 1 N–H and O–H groups in total. The van der Waals surface area contributed by atoms with Crippen LogP contribution in [0.3, 0.4) is 0 Å². The molecule has 1 aliphatic rings. The smallest absolute Gasteiger partial charge is 0.123 e. The van der Waals surface area contributed by atoms with Crippen molar-refractivity contribution in [3.05, 3.63) is 30.1 Å². The van der Waals surface area contributed by atoms with Crippen molar-refractivity contribution in [1.82, 2.24) is 19.8 Å². The first-order valence-corrected chi connectivity index (χ1v) is 7.64. The van der Waals surface area contributed by atoms with E-state index >= 15 is 0 Å². The van der Waals surface area contributed by atoms with Crippen LogP contribution in [0.5, 0.6) is 0 Å². The zero-order valence-electron chi connectivity index (χ0n) is 12.5. The minimum atomic E-state index is 0.844. The number of imidazole rings is 1. The van der Waals surface area contributed by atoms with E-state index < -0.39 is 0 Å². The van der Waals surface area contributed by atoms with Crippen LogP contribution in [0, 0.1) is 0 Å². The molecule has 2 aromatic rings. The molecule has 0 amide bonds. The number of rotatable bonds is 7. The van der Waals surface area contributed by atoms with Gasteiger partial charge < -0.3 is 14.8 Å². The van der Waals surface area contributed by atoms with Crippen LogP contribution in [0.25, 0.3) is 11.0 Å². The molecule has 0 saturated heterocycles. The second-order valence-corrected chi connectivity index (χ2v) is 5.65. The maximum atomic E-state index is 4.73. The maximum Gasteiger partial charge on any atom is 0.123 e. The van der Waals surface area contributed by atoms with Gasteiger partial charge in [0.15, 0.2) is 0 Å². The van der Waals surface area contributed by atoms with Crippen LogP contribution in [0.1, 0.15) is 25.6 Å². The number of fused-ring (bicyclic) bond motifs is 1. The number of hydrogen-bond acceptors (Lipinski definition) is 3. The first-order valence-electron chi connectivity index (χ1n) is 7.64. The average Bonchev–Trinajstić information content (AvgIpc) is 3.25. The van der Waals surface area contributed by atoms with E-state index in [2.05, 4.69) is 53.0 Å². The number of aromatic nitrogens is 2. The highest BCUT2D eigenvalue weighted by atomic mass is 15.2. The van der Waals surface area contributed by atoms with Crippen LogP contribution < -0.4 is 5.32 Å². The van der Waals surface area contributed by atoms with Gasteiger partial charge in [-0.2, -0.15) is 0 Å². The summed E-state index contributed by atoms with van der Waals surface area (Å²) in [5, 5.41) is 3.53. The summed E-state index contributed by atoms with van der Waals surface area (Å²) in [4.78, 5) is 7.19. The Bertz CT molecular complexity index is 571. The fourth-order valence-corrected chi connectivity index (χ4v) is 2.77. The number of para-hydroxylation sites is 2. The minimum Gasteiger partial charge on any atom is -0.327 e. The molecule has 0 atom stereocenters. The largest absolute Gasteiger partial charge is 0.327 e. The quantitative estimate of drug-likeness (QED) is 0.785. The number of hydrogen-bond donors (Lipinski definition) is 1. The highest BCUT2D eigenvalue weighted by Gasteiger charge is 2.25. The Morgan fingerprint density at radius 2 is 2.15 bits per heavy atom. The van der Waals surface area contributed by atoms with Crippen molar-refractivity contribution in [1.29, 1.82) is 0 Å². The number of nitrogens with zero attached hydrogens (tertiary/aromatic N) is 3. The van der Waals surface area contributed by atoms with Gasteiger partial charge >= 0.3 is 0 Å². The van der Waals surface area contributed by atoms with Gasteiger partial charge in [-0.25, -0.2) is 4.98 Å². The highest BCUT2D eigenvalue weighted by molar-refractivity contribution is 5.75. The average molecular weight is 272 g/mol. The third kappa shape index (κ3) is 2.86. The van der Waals surface area contributed by atoms with E-state index in [0.29, 0.717) is 0 Å². The lowest BCUT2D eigenvalue weighted by atomic mass is 10.3. The molecule has 1 aromatic heterocycles. The summed E-state index contributed by atoms with van der Waals surface area (Å²) in [6, 6.07) is 9.22. The lowest BCUT2D eigenvalue weighted by molar-refractivity contribution is 0.321.